The lowest BCUT2D eigenvalue weighted by Crippen LogP contribution is -2.27. The summed E-state index contributed by atoms with van der Waals surface area (Å²) < 4.78 is 2.95. The predicted molar refractivity (Wildman–Crippen MR) is 75.3 cm³/mol. The third kappa shape index (κ3) is 3.81. The van der Waals surface area contributed by atoms with Crippen LogP contribution in [0.25, 0.3) is 0 Å². The minimum Gasteiger partial charge on any atom is -0.349 e. The molecule has 102 valence electrons. The Kier molecular flexibility index (Phi) is 5.81. The van der Waals surface area contributed by atoms with Crippen LogP contribution in [0.4, 0.5) is 0 Å². The zero-order valence-corrected chi connectivity index (χ0v) is 13.0. The van der Waals surface area contributed by atoms with Crippen molar-refractivity contribution in [1.29, 1.82) is 0 Å². The average molecular weight is 317 g/mol. The Morgan fingerprint density at radius 1 is 1.50 bits per heavy atom. The normalized spacial score (nSPS) is 10.7. The Balaban J connectivity index is 2.45. The molecule has 1 heterocycles. The van der Waals surface area contributed by atoms with Crippen molar-refractivity contribution in [2.45, 2.75) is 26.3 Å². The van der Waals surface area contributed by atoms with Crippen LogP contribution >= 0.6 is 15.9 Å². The molecule has 1 N–H and O–H groups in total. The number of aromatic nitrogens is 2. The fourth-order valence-corrected chi connectivity index (χ4v) is 2.39. The quantitative estimate of drug-likeness (QED) is 0.805. The summed E-state index contributed by atoms with van der Waals surface area (Å²) in [5.74, 6) is 0.140. The molecule has 0 aromatic carbocycles. The van der Waals surface area contributed by atoms with Crippen molar-refractivity contribution in [3.8, 4) is 0 Å². The topological polar surface area (TPSA) is 50.2 Å². The number of carbonyl (C=O) groups excluding carboxylic acids is 1. The largest absolute Gasteiger partial charge is 0.349 e. The van der Waals surface area contributed by atoms with Crippen LogP contribution in [0.3, 0.4) is 0 Å². The predicted octanol–water partition coefficient (Wildman–Crippen LogP) is 1.31. The van der Waals surface area contributed by atoms with Gasteiger partial charge in [0, 0.05) is 40.7 Å². The van der Waals surface area contributed by atoms with E-state index in [1.165, 1.54) is 0 Å². The number of amides is 1. The average Bonchev–Trinajstić information content (AvgIpc) is 2.60. The van der Waals surface area contributed by atoms with Gasteiger partial charge >= 0.3 is 0 Å². The Morgan fingerprint density at radius 3 is 2.67 bits per heavy atom. The molecule has 0 radical (unpaired) electrons. The highest BCUT2D eigenvalue weighted by Gasteiger charge is 2.12. The van der Waals surface area contributed by atoms with Gasteiger partial charge in [0.25, 0.3) is 0 Å². The van der Waals surface area contributed by atoms with Gasteiger partial charge in [0.1, 0.15) is 0 Å². The van der Waals surface area contributed by atoms with Crippen LogP contribution < -0.4 is 5.32 Å². The number of hydrogen-bond donors (Lipinski definition) is 1. The number of rotatable bonds is 6. The van der Waals surface area contributed by atoms with Gasteiger partial charge < -0.3 is 10.2 Å². The second-order valence-corrected chi connectivity index (χ2v) is 5.19. The molecule has 0 bridgehead atoms. The summed E-state index contributed by atoms with van der Waals surface area (Å²) in [5, 5.41) is 7.69. The standard InChI is InChI=1S/C12H21BrN4O/c1-5-9-12(13)10(17(4)15-9)8-14-7-6-11(18)16(2)3/h14H,5-8H2,1-4H3. The summed E-state index contributed by atoms with van der Waals surface area (Å²) in [6, 6.07) is 0. The molecule has 0 atom stereocenters. The maximum Gasteiger partial charge on any atom is 0.223 e. The Bertz CT molecular complexity index is 414. The minimum absolute atomic E-state index is 0.140. The van der Waals surface area contributed by atoms with Crippen molar-refractivity contribution in [1.82, 2.24) is 20.0 Å². The zero-order valence-electron chi connectivity index (χ0n) is 11.5. The second-order valence-electron chi connectivity index (χ2n) is 4.40. The molecule has 0 fully saturated rings. The maximum absolute atomic E-state index is 11.4. The number of hydrogen-bond acceptors (Lipinski definition) is 3. The molecule has 0 saturated heterocycles. The van der Waals surface area contributed by atoms with Crippen LogP contribution in [0, 0.1) is 0 Å². The number of carbonyl (C=O) groups is 1. The molecule has 0 spiro atoms. The van der Waals surface area contributed by atoms with Gasteiger partial charge in [-0.2, -0.15) is 5.10 Å². The summed E-state index contributed by atoms with van der Waals surface area (Å²) >= 11 is 3.57. The van der Waals surface area contributed by atoms with E-state index in [-0.39, 0.29) is 5.91 Å². The SMILES string of the molecule is CCc1nn(C)c(CNCCC(=O)N(C)C)c1Br. The highest BCUT2D eigenvalue weighted by Crippen LogP contribution is 2.21. The van der Waals surface area contributed by atoms with Crippen LogP contribution in [0.2, 0.25) is 0 Å². The number of nitrogens with one attached hydrogen (secondary N) is 1. The lowest BCUT2D eigenvalue weighted by Gasteiger charge is -2.10. The lowest BCUT2D eigenvalue weighted by atomic mass is 10.3. The molecule has 1 aromatic heterocycles. The maximum atomic E-state index is 11.4. The van der Waals surface area contributed by atoms with E-state index in [0.717, 1.165) is 22.3 Å². The van der Waals surface area contributed by atoms with Crippen LogP contribution in [-0.2, 0) is 24.8 Å². The van der Waals surface area contributed by atoms with Crippen LogP contribution in [0.15, 0.2) is 4.47 Å². The lowest BCUT2D eigenvalue weighted by molar-refractivity contribution is -0.128. The van der Waals surface area contributed by atoms with Crippen LogP contribution in [0.1, 0.15) is 24.7 Å². The molecule has 5 nitrogen and oxygen atoms in total. The molecular weight excluding hydrogens is 296 g/mol. The first-order valence-corrected chi connectivity index (χ1v) is 6.87. The molecule has 1 amide bonds. The van der Waals surface area contributed by atoms with Gasteiger partial charge in [0.05, 0.1) is 15.9 Å². The molecule has 0 aliphatic rings. The van der Waals surface area contributed by atoms with Crippen LogP contribution in [-0.4, -0.2) is 41.2 Å². The summed E-state index contributed by atoms with van der Waals surface area (Å²) in [6.07, 6.45) is 1.43. The molecule has 0 aliphatic heterocycles. The fourth-order valence-electron chi connectivity index (χ4n) is 1.64. The Labute approximate surface area is 117 Å². The van der Waals surface area contributed by atoms with E-state index in [0.29, 0.717) is 19.5 Å². The third-order valence-electron chi connectivity index (χ3n) is 2.81. The second kappa shape index (κ2) is 6.89. The third-order valence-corrected chi connectivity index (χ3v) is 3.73. The first kappa shape index (κ1) is 15.2. The van der Waals surface area contributed by atoms with Gasteiger partial charge in [-0.05, 0) is 22.4 Å². The molecule has 1 rings (SSSR count). The first-order valence-electron chi connectivity index (χ1n) is 6.08. The van der Waals surface area contributed by atoms with Crippen molar-refractivity contribution in [3.05, 3.63) is 15.9 Å². The van der Waals surface area contributed by atoms with Gasteiger partial charge in [-0.25, -0.2) is 0 Å². The van der Waals surface area contributed by atoms with Crippen molar-refractivity contribution < 1.29 is 4.79 Å². The summed E-state index contributed by atoms with van der Waals surface area (Å²) in [6.45, 7) is 3.47. The molecule has 0 aliphatic carbocycles. The summed E-state index contributed by atoms with van der Waals surface area (Å²) in [7, 11) is 5.48. The van der Waals surface area contributed by atoms with Crippen molar-refractivity contribution in [3.63, 3.8) is 0 Å². The van der Waals surface area contributed by atoms with E-state index in [4.69, 9.17) is 0 Å². The smallest absolute Gasteiger partial charge is 0.223 e. The molecule has 0 unspecified atom stereocenters. The molecule has 1 aromatic rings. The number of aryl methyl sites for hydroxylation is 2. The number of nitrogens with zero attached hydrogens (tertiary/aromatic N) is 3. The van der Waals surface area contributed by atoms with Crippen LogP contribution in [0.5, 0.6) is 0 Å². The fraction of sp³-hybridized carbons (Fsp3) is 0.667. The molecule has 6 heteroatoms. The highest BCUT2D eigenvalue weighted by molar-refractivity contribution is 9.10. The van der Waals surface area contributed by atoms with Crippen molar-refractivity contribution in [2.24, 2.45) is 7.05 Å². The summed E-state index contributed by atoms with van der Waals surface area (Å²) in [4.78, 5) is 13.0. The summed E-state index contributed by atoms with van der Waals surface area (Å²) in [5.41, 5.74) is 2.18. The van der Waals surface area contributed by atoms with E-state index in [9.17, 15) is 4.79 Å². The highest BCUT2D eigenvalue weighted by atomic mass is 79.9. The van der Waals surface area contributed by atoms with Crippen molar-refractivity contribution in [2.75, 3.05) is 20.6 Å². The number of halogens is 1. The van der Waals surface area contributed by atoms with E-state index >= 15 is 0 Å². The van der Waals surface area contributed by atoms with Crippen molar-refractivity contribution >= 4 is 21.8 Å². The Hall–Kier alpha value is -0.880. The van der Waals surface area contributed by atoms with E-state index in [1.807, 2.05) is 11.7 Å². The van der Waals surface area contributed by atoms with E-state index in [2.05, 4.69) is 33.3 Å². The monoisotopic (exact) mass is 316 g/mol. The van der Waals surface area contributed by atoms with Gasteiger partial charge in [-0.3, -0.25) is 9.48 Å². The molecule has 18 heavy (non-hydrogen) atoms. The molecular formula is C12H21BrN4O. The molecule has 0 saturated carbocycles. The zero-order chi connectivity index (χ0) is 13.7. The van der Waals surface area contributed by atoms with Gasteiger partial charge in [0.15, 0.2) is 0 Å². The van der Waals surface area contributed by atoms with E-state index < -0.39 is 0 Å². The minimum atomic E-state index is 0.140. The van der Waals surface area contributed by atoms with Gasteiger partial charge in [-0.15, -0.1) is 0 Å². The van der Waals surface area contributed by atoms with Gasteiger partial charge in [0.2, 0.25) is 5.91 Å². The first-order chi connectivity index (χ1) is 8.47. The Morgan fingerprint density at radius 2 is 2.17 bits per heavy atom. The van der Waals surface area contributed by atoms with E-state index in [1.54, 1.807) is 19.0 Å². The van der Waals surface area contributed by atoms with Gasteiger partial charge in [-0.1, -0.05) is 6.92 Å².